The smallest absolute Gasteiger partial charge is 0.240 e. The van der Waals surface area contributed by atoms with E-state index in [1.807, 2.05) is 42.5 Å². The third-order valence-corrected chi connectivity index (χ3v) is 4.68. The zero-order valence-corrected chi connectivity index (χ0v) is 14.1. The molecule has 130 valence electrons. The number of carbonyl (C=O) groups excluding carboxylic acids is 1. The summed E-state index contributed by atoms with van der Waals surface area (Å²) in [4.78, 5) is 20.0. The van der Waals surface area contributed by atoms with Crippen molar-refractivity contribution >= 4 is 22.7 Å². The second kappa shape index (κ2) is 5.59. The Kier molecular flexibility index (Phi) is 3.21. The van der Waals surface area contributed by atoms with Crippen molar-refractivity contribution in [3.63, 3.8) is 0 Å². The molecule has 0 bridgehead atoms. The largest absolute Gasteiger partial charge is 0.454 e. The van der Waals surface area contributed by atoms with Crippen molar-refractivity contribution < 1.29 is 14.3 Å². The predicted octanol–water partition coefficient (Wildman–Crippen LogP) is 2.99. The molecule has 1 aromatic heterocycles. The molecule has 3 heterocycles. The number of aromatic nitrogens is 2. The fourth-order valence-corrected chi connectivity index (χ4v) is 3.41. The van der Waals surface area contributed by atoms with Crippen molar-refractivity contribution in [3.05, 3.63) is 53.9 Å². The maximum Gasteiger partial charge on any atom is 0.240 e. The Balaban J connectivity index is 1.51. The van der Waals surface area contributed by atoms with E-state index in [4.69, 9.17) is 9.47 Å². The van der Waals surface area contributed by atoms with Gasteiger partial charge >= 0.3 is 0 Å². The lowest BCUT2D eigenvalue weighted by Gasteiger charge is -2.20. The van der Waals surface area contributed by atoms with Gasteiger partial charge in [0.1, 0.15) is 5.71 Å². The van der Waals surface area contributed by atoms with Crippen LogP contribution in [0.4, 0.5) is 0 Å². The Morgan fingerprint density at radius 2 is 2.04 bits per heavy atom. The molecule has 0 fully saturated rings. The third-order valence-electron chi connectivity index (χ3n) is 4.68. The number of hydrogen-bond donors (Lipinski definition) is 1. The first-order valence-electron chi connectivity index (χ1n) is 8.41. The highest BCUT2D eigenvalue weighted by Crippen LogP contribution is 2.39. The van der Waals surface area contributed by atoms with E-state index in [1.165, 1.54) is 11.9 Å². The molecule has 0 spiro atoms. The number of hydrogen-bond acceptors (Lipinski definition) is 5. The van der Waals surface area contributed by atoms with Gasteiger partial charge in [-0.1, -0.05) is 18.2 Å². The van der Waals surface area contributed by atoms with E-state index < -0.39 is 0 Å². The van der Waals surface area contributed by atoms with Crippen LogP contribution >= 0.6 is 0 Å². The molecule has 2 aromatic carbocycles. The topological polar surface area (TPSA) is 79.8 Å². The lowest BCUT2D eigenvalue weighted by molar-refractivity contribution is -0.130. The Morgan fingerprint density at radius 1 is 1.19 bits per heavy atom. The molecule has 26 heavy (non-hydrogen) atoms. The molecule has 5 rings (SSSR count). The standard InChI is InChI=1S/C19H16N4O3/c1-11(24)23-16(12-6-7-17-18(8-12)26-10-25-17)9-15(22-23)19-20-13-4-2-3-5-14(13)21-19/h2-8,16H,9-10H2,1H3,(H,20,21). The van der Waals surface area contributed by atoms with Gasteiger partial charge in [0.15, 0.2) is 17.3 Å². The number of H-pyrrole nitrogens is 1. The van der Waals surface area contributed by atoms with Gasteiger partial charge in [-0.2, -0.15) is 5.10 Å². The van der Waals surface area contributed by atoms with Crippen LogP contribution in [0.3, 0.4) is 0 Å². The van der Waals surface area contributed by atoms with Gasteiger partial charge in [-0.15, -0.1) is 0 Å². The average molecular weight is 348 g/mol. The van der Waals surface area contributed by atoms with Crippen molar-refractivity contribution in [2.24, 2.45) is 5.10 Å². The molecule has 1 atom stereocenters. The number of ether oxygens (including phenoxy) is 2. The summed E-state index contributed by atoms with van der Waals surface area (Å²) in [5.41, 5.74) is 3.55. The van der Waals surface area contributed by atoms with Crippen LogP contribution in [0.1, 0.15) is 30.8 Å². The second-order valence-corrected chi connectivity index (χ2v) is 6.35. The van der Waals surface area contributed by atoms with Crippen molar-refractivity contribution in [2.45, 2.75) is 19.4 Å². The number of hydrazone groups is 1. The second-order valence-electron chi connectivity index (χ2n) is 6.35. The van der Waals surface area contributed by atoms with Gasteiger partial charge in [-0.05, 0) is 29.8 Å². The van der Waals surface area contributed by atoms with Gasteiger partial charge in [0.2, 0.25) is 12.7 Å². The molecular formula is C19H16N4O3. The molecule has 0 aliphatic carbocycles. The lowest BCUT2D eigenvalue weighted by Crippen LogP contribution is -2.24. The summed E-state index contributed by atoms with van der Waals surface area (Å²) >= 11 is 0. The maximum atomic E-state index is 12.1. The van der Waals surface area contributed by atoms with Crippen LogP contribution in [0.2, 0.25) is 0 Å². The van der Waals surface area contributed by atoms with Crippen LogP contribution in [0.15, 0.2) is 47.6 Å². The SMILES string of the molecule is CC(=O)N1N=C(c2nc3ccccc3[nH]2)CC1c1ccc2c(c1)OCO2. The van der Waals surface area contributed by atoms with Gasteiger partial charge in [-0.25, -0.2) is 9.99 Å². The summed E-state index contributed by atoms with van der Waals surface area (Å²) < 4.78 is 10.8. The quantitative estimate of drug-likeness (QED) is 0.772. The van der Waals surface area contributed by atoms with Gasteiger partial charge in [-0.3, -0.25) is 4.79 Å². The van der Waals surface area contributed by atoms with E-state index in [9.17, 15) is 4.79 Å². The maximum absolute atomic E-state index is 12.1. The summed E-state index contributed by atoms with van der Waals surface area (Å²) in [6, 6.07) is 13.4. The fourth-order valence-electron chi connectivity index (χ4n) is 3.41. The van der Waals surface area contributed by atoms with E-state index in [2.05, 4.69) is 15.1 Å². The predicted molar refractivity (Wildman–Crippen MR) is 95.1 cm³/mol. The zero-order valence-electron chi connectivity index (χ0n) is 14.1. The van der Waals surface area contributed by atoms with Crippen LogP contribution in [0, 0.1) is 0 Å². The van der Waals surface area contributed by atoms with E-state index in [0.29, 0.717) is 18.0 Å². The summed E-state index contributed by atoms with van der Waals surface area (Å²) in [7, 11) is 0. The van der Waals surface area contributed by atoms with Crippen LogP contribution in [0.25, 0.3) is 11.0 Å². The molecule has 2 aliphatic rings. The third kappa shape index (κ3) is 2.32. The van der Waals surface area contributed by atoms with Gasteiger partial charge in [0, 0.05) is 13.3 Å². The summed E-state index contributed by atoms with van der Waals surface area (Å²) in [6.07, 6.45) is 0.582. The van der Waals surface area contributed by atoms with Crippen LogP contribution < -0.4 is 9.47 Å². The Labute approximate surface area is 149 Å². The van der Waals surface area contributed by atoms with E-state index in [-0.39, 0.29) is 18.7 Å². The summed E-state index contributed by atoms with van der Waals surface area (Å²) in [6.45, 7) is 1.74. The molecule has 0 radical (unpaired) electrons. The average Bonchev–Trinajstić information content (AvgIpc) is 3.37. The van der Waals surface area contributed by atoms with Crippen molar-refractivity contribution in [2.75, 3.05) is 6.79 Å². The minimum absolute atomic E-state index is 0.112. The molecule has 7 nitrogen and oxygen atoms in total. The zero-order chi connectivity index (χ0) is 17.7. The number of para-hydroxylation sites is 2. The molecule has 3 aromatic rings. The molecule has 7 heteroatoms. The summed E-state index contributed by atoms with van der Waals surface area (Å²) in [5.74, 6) is 2.00. The van der Waals surface area contributed by atoms with E-state index in [0.717, 1.165) is 28.1 Å². The molecule has 0 saturated carbocycles. The number of carbonyl (C=O) groups is 1. The highest BCUT2D eigenvalue weighted by atomic mass is 16.7. The van der Waals surface area contributed by atoms with E-state index >= 15 is 0 Å². The Morgan fingerprint density at radius 3 is 2.88 bits per heavy atom. The number of fused-ring (bicyclic) bond motifs is 2. The van der Waals surface area contributed by atoms with E-state index in [1.54, 1.807) is 0 Å². The molecular weight excluding hydrogens is 332 g/mol. The Hall–Kier alpha value is -3.35. The van der Waals surface area contributed by atoms with Gasteiger partial charge < -0.3 is 14.5 Å². The minimum atomic E-state index is -0.190. The highest BCUT2D eigenvalue weighted by Gasteiger charge is 2.33. The molecule has 0 saturated heterocycles. The van der Waals surface area contributed by atoms with Crippen molar-refractivity contribution in [1.29, 1.82) is 0 Å². The molecule has 1 amide bonds. The number of aromatic amines is 1. The van der Waals surface area contributed by atoms with Gasteiger partial charge in [0.25, 0.3) is 0 Å². The normalized spacial score (nSPS) is 18.4. The van der Waals surface area contributed by atoms with Gasteiger partial charge in [0.05, 0.1) is 17.1 Å². The molecule has 1 unspecified atom stereocenters. The number of nitrogens with one attached hydrogen (secondary N) is 1. The fraction of sp³-hybridized carbons (Fsp3) is 0.211. The van der Waals surface area contributed by atoms with Crippen LogP contribution in [-0.2, 0) is 4.79 Å². The first-order chi connectivity index (χ1) is 12.7. The van der Waals surface area contributed by atoms with Crippen LogP contribution in [0.5, 0.6) is 11.5 Å². The highest BCUT2D eigenvalue weighted by molar-refractivity contribution is 6.02. The Bertz CT molecular complexity index is 1020. The lowest BCUT2D eigenvalue weighted by atomic mass is 10.0. The number of rotatable bonds is 2. The number of benzene rings is 2. The van der Waals surface area contributed by atoms with Crippen LogP contribution in [-0.4, -0.2) is 33.4 Å². The van der Waals surface area contributed by atoms with Crippen molar-refractivity contribution in [1.82, 2.24) is 15.0 Å². The molecule has 1 N–H and O–H groups in total. The number of nitrogens with zero attached hydrogens (tertiary/aromatic N) is 3. The molecule has 2 aliphatic heterocycles. The summed E-state index contributed by atoms with van der Waals surface area (Å²) in [5, 5.41) is 6.05. The van der Waals surface area contributed by atoms with Crippen molar-refractivity contribution in [3.8, 4) is 11.5 Å². The first-order valence-corrected chi connectivity index (χ1v) is 8.41. The number of imidazole rings is 1. The first kappa shape index (κ1) is 14.9. The minimum Gasteiger partial charge on any atom is -0.454 e. The number of amides is 1. The monoisotopic (exact) mass is 348 g/mol.